The maximum atomic E-state index is 12.6. The number of halogens is 2. The van der Waals surface area contributed by atoms with Gasteiger partial charge in [0.1, 0.15) is 12.6 Å². The van der Waals surface area contributed by atoms with Gasteiger partial charge in [0.2, 0.25) is 0 Å². The summed E-state index contributed by atoms with van der Waals surface area (Å²) in [6, 6.07) is 0.310. The van der Waals surface area contributed by atoms with E-state index in [-0.39, 0.29) is 24.9 Å². The van der Waals surface area contributed by atoms with Gasteiger partial charge in [-0.05, 0) is 5.10 Å². The van der Waals surface area contributed by atoms with Crippen LogP contribution in [0.15, 0.2) is 18.5 Å². The quantitative estimate of drug-likeness (QED) is 0.738. The minimum absolute atomic E-state index is 0.0858. The van der Waals surface area contributed by atoms with Crippen molar-refractivity contribution in [1.29, 1.82) is 0 Å². The Kier molecular flexibility index (Phi) is 3.41. The first-order valence-electron chi connectivity index (χ1n) is 5.65. The summed E-state index contributed by atoms with van der Waals surface area (Å²) < 4.78 is 26.6. The summed E-state index contributed by atoms with van der Waals surface area (Å²) in [7, 11) is 0. The predicted molar refractivity (Wildman–Crippen MR) is 57.5 cm³/mol. The zero-order valence-corrected chi connectivity index (χ0v) is 9.84. The first-order chi connectivity index (χ1) is 8.88. The Morgan fingerprint density at radius 2 is 2.26 bits per heavy atom. The number of aromatic nitrogens is 2. The van der Waals surface area contributed by atoms with E-state index in [9.17, 15) is 18.4 Å². The second-order valence-electron chi connectivity index (χ2n) is 4.31. The second-order valence-corrected chi connectivity index (χ2v) is 4.31. The van der Waals surface area contributed by atoms with Crippen LogP contribution in [0, 0.1) is 0 Å². The molecule has 0 saturated heterocycles. The van der Waals surface area contributed by atoms with Gasteiger partial charge in [0.05, 0.1) is 11.6 Å². The number of nitrogens with zero attached hydrogens (tertiary/aromatic N) is 2. The normalized spacial score (nSPS) is 19.8. The highest BCUT2D eigenvalue weighted by Crippen LogP contribution is 2.41. The highest BCUT2D eigenvalue weighted by atomic mass is 19.3. The van der Waals surface area contributed by atoms with E-state index in [1.165, 1.54) is 23.1 Å². The van der Waals surface area contributed by atoms with Crippen LogP contribution in [0.2, 0.25) is 0 Å². The number of rotatable bonds is 5. The van der Waals surface area contributed by atoms with Crippen molar-refractivity contribution >= 4 is 11.9 Å². The Morgan fingerprint density at radius 1 is 1.58 bits per heavy atom. The lowest BCUT2D eigenvalue weighted by molar-refractivity contribution is -0.753. The third kappa shape index (κ3) is 3.43. The van der Waals surface area contributed by atoms with Crippen LogP contribution in [0.25, 0.3) is 0 Å². The molecule has 19 heavy (non-hydrogen) atoms. The first kappa shape index (κ1) is 13.3. The number of carbonyl (C=O) groups excluding carboxylic acids is 1. The molecule has 1 amide bonds. The molecule has 0 radical (unpaired) electrons. The van der Waals surface area contributed by atoms with Gasteiger partial charge in [-0.3, -0.25) is 9.59 Å². The zero-order valence-electron chi connectivity index (χ0n) is 9.84. The van der Waals surface area contributed by atoms with Crippen molar-refractivity contribution in [2.24, 2.45) is 0 Å². The maximum absolute atomic E-state index is 12.6. The first-order valence-corrected chi connectivity index (χ1v) is 5.65. The van der Waals surface area contributed by atoms with Crippen LogP contribution >= 0.6 is 0 Å². The van der Waals surface area contributed by atoms with Gasteiger partial charge in [0.15, 0.2) is 12.7 Å². The van der Waals surface area contributed by atoms with Crippen LogP contribution in [-0.4, -0.2) is 34.0 Å². The molecule has 0 aromatic carbocycles. The summed E-state index contributed by atoms with van der Waals surface area (Å²) in [6.07, 6.45) is 2.23. The van der Waals surface area contributed by atoms with Crippen LogP contribution in [0.1, 0.15) is 23.2 Å². The third-order valence-electron chi connectivity index (χ3n) is 2.72. The Morgan fingerprint density at radius 3 is 2.74 bits per heavy atom. The van der Waals surface area contributed by atoms with E-state index in [2.05, 4.69) is 10.4 Å². The van der Waals surface area contributed by atoms with E-state index in [0.29, 0.717) is 0 Å². The molecule has 0 spiro atoms. The molecular formula is C11H12F2N3O3+. The third-order valence-corrected chi connectivity index (χ3v) is 2.72. The summed E-state index contributed by atoms with van der Waals surface area (Å²) in [5, 5.41) is 14.5. The van der Waals surface area contributed by atoms with E-state index in [4.69, 9.17) is 5.11 Å². The van der Waals surface area contributed by atoms with Crippen LogP contribution in [0.3, 0.4) is 0 Å². The number of hydrogen-bond acceptors (Lipinski definition) is 3. The Hall–Kier alpha value is -2.12. The number of amides is 1. The molecule has 8 heteroatoms. The van der Waals surface area contributed by atoms with Gasteiger partial charge in [-0.15, -0.1) is 0 Å². The van der Waals surface area contributed by atoms with Crippen LogP contribution in [0.5, 0.6) is 0 Å². The fourth-order valence-electron chi connectivity index (χ4n) is 1.47. The van der Waals surface area contributed by atoms with E-state index in [0.717, 1.165) is 0 Å². The number of aliphatic carboxylic acids is 1. The van der Waals surface area contributed by atoms with E-state index in [1.807, 2.05) is 0 Å². The molecule has 1 heterocycles. The zero-order chi connectivity index (χ0) is 14.0. The number of alkyl halides is 2. The average molecular weight is 272 g/mol. The number of aryl methyl sites for hydroxylation is 1. The summed E-state index contributed by atoms with van der Waals surface area (Å²) in [5.74, 6) is -4.37. The Bertz CT molecular complexity index is 504. The van der Waals surface area contributed by atoms with Crippen molar-refractivity contribution in [2.45, 2.75) is 31.4 Å². The van der Waals surface area contributed by atoms with Crippen molar-refractivity contribution < 1.29 is 28.2 Å². The van der Waals surface area contributed by atoms with Gasteiger partial charge in [-0.2, -0.15) is 0 Å². The van der Waals surface area contributed by atoms with E-state index in [1.54, 1.807) is 0 Å². The summed E-state index contributed by atoms with van der Waals surface area (Å²) in [6.45, 7) is 0.179. The second kappa shape index (κ2) is 4.87. The number of hydrogen-bond donors (Lipinski definition) is 2. The molecule has 2 rings (SSSR count). The lowest BCUT2D eigenvalue weighted by Crippen LogP contribution is -2.39. The molecule has 1 aliphatic rings. The van der Waals surface area contributed by atoms with Crippen molar-refractivity contribution in [1.82, 2.24) is 10.4 Å². The molecule has 1 saturated carbocycles. The standard InChI is InChI=1S/C11H11F2N3O3/c12-11(13)5-8(11)15-10(19)7-1-3-16(14-6-7)4-2-9(17)18/h1,3,6,8H,2,4-5H2,(H-,15,17,18,19)/p+1. The van der Waals surface area contributed by atoms with Crippen molar-refractivity contribution in [3.8, 4) is 0 Å². The van der Waals surface area contributed by atoms with Crippen molar-refractivity contribution in [3.63, 3.8) is 0 Å². The Balaban J connectivity index is 1.91. The van der Waals surface area contributed by atoms with Crippen molar-refractivity contribution in [3.05, 3.63) is 24.0 Å². The Labute approximate surface area is 107 Å². The number of nitrogens with one attached hydrogen (secondary N) is 1. The number of carboxylic acid groups (broad SMARTS) is 1. The molecule has 0 bridgehead atoms. The SMILES string of the molecule is O=C(O)CC[n+]1ccc(C(=O)NC2CC2(F)F)cn1. The summed E-state index contributed by atoms with van der Waals surface area (Å²) in [5.41, 5.74) is 0.161. The van der Waals surface area contributed by atoms with Gasteiger partial charge in [0.25, 0.3) is 11.8 Å². The van der Waals surface area contributed by atoms with Gasteiger partial charge >= 0.3 is 5.97 Å². The molecule has 1 fully saturated rings. The topological polar surface area (TPSA) is 83.2 Å². The summed E-state index contributed by atoms with van der Waals surface area (Å²) >= 11 is 0. The minimum atomic E-state index is -2.81. The lowest BCUT2D eigenvalue weighted by Gasteiger charge is -2.02. The fourth-order valence-corrected chi connectivity index (χ4v) is 1.47. The predicted octanol–water partition coefficient (Wildman–Crippen LogP) is -0.0188. The molecule has 1 atom stereocenters. The molecule has 2 N–H and O–H groups in total. The summed E-state index contributed by atoms with van der Waals surface area (Å²) in [4.78, 5) is 21.9. The minimum Gasteiger partial charge on any atom is -0.481 e. The lowest BCUT2D eigenvalue weighted by atomic mass is 10.3. The fraction of sp³-hybridized carbons (Fsp3) is 0.455. The molecule has 1 unspecified atom stereocenters. The average Bonchev–Trinajstić information content (AvgIpc) is 2.94. The largest absolute Gasteiger partial charge is 0.481 e. The van der Waals surface area contributed by atoms with Gasteiger partial charge in [0, 0.05) is 12.5 Å². The van der Waals surface area contributed by atoms with E-state index < -0.39 is 23.8 Å². The maximum Gasteiger partial charge on any atom is 0.309 e. The number of carbonyl (C=O) groups is 2. The highest BCUT2D eigenvalue weighted by Gasteiger charge is 2.57. The van der Waals surface area contributed by atoms with Gasteiger partial charge in [-0.25, -0.2) is 8.78 Å². The van der Waals surface area contributed by atoms with Crippen LogP contribution in [-0.2, 0) is 11.3 Å². The van der Waals surface area contributed by atoms with Crippen LogP contribution < -0.4 is 10.00 Å². The molecule has 1 aliphatic carbocycles. The number of carboxylic acids is 1. The van der Waals surface area contributed by atoms with Gasteiger partial charge in [-0.1, -0.05) is 4.68 Å². The van der Waals surface area contributed by atoms with E-state index >= 15 is 0 Å². The smallest absolute Gasteiger partial charge is 0.309 e. The van der Waals surface area contributed by atoms with Crippen LogP contribution in [0.4, 0.5) is 8.78 Å². The monoisotopic (exact) mass is 272 g/mol. The molecule has 102 valence electrons. The van der Waals surface area contributed by atoms with Crippen molar-refractivity contribution in [2.75, 3.05) is 0 Å². The molecule has 0 aliphatic heterocycles. The highest BCUT2D eigenvalue weighted by molar-refractivity contribution is 5.94. The molecule has 6 nitrogen and oxygen atoms in total. The molecule has 1 aromatic heterocycles. The molecular weight excluding hydrogens is 260 g/mol. The molecule has 1 aromatic rings. The van der Waals surface area contributed by atoms with Gasteiger partial charge < -0.3 is 10.4 Å².